The van der Waals surface area contributed by atoms with Crippen LogP contribution in [-0.4, -0.2) is 49.2 Å². The molecule has 0 spiro atoms. The number of hydrogen-bond donors (Lipinski definition) is 2. The number of piperidine rings is 1. The second-order valence-electron chi connectivity index (χ2n) is 10.5. The number of benzene rings is 2. The predicted molar refractivity (Wildman–Crippen MR) is 146 cm³/mol. The summed E-state index contributed by atoms with van der Waals surface area (Å²) in [6, 6.07) is 8.91. The number of nitrogen functional groups attached to an aromatic ring is 1. The highest BCUT2D eigenvalue weighted by Crippen LogP contribution is 2.38. The topological polar surface area (TPSA) is 149 Å². The van der Waals surface area contributed by atoms with Crippen molar-refractivity contribution in [1.82, 2.24) is 24.6 Å². The zero-order chi connectivity index (χ0) is 29.6. The Bertz CT molecular complexity index is 1790. The van der Waals surface area contributed by atoms with Crippen LogP contribution in [0.2, 0.25) is 0 Å². The molecule has 1 atom stereocenters. The zero-order valence-corrected chi connectivity index (χ0v) is 22.2. The molecule has 2 aromatic heterocycles. The van der Waals surface area contributed by atoms with E-state index in [9.17, 15) is 18.8 Å². The maximum atomic E-state index is 15.5. The van der Waals surface area contributed by atoms with Gasteiger partial charge < -0.3 is 21.1 Å². The first-order valence-electron chi connectivity index (χ1n) is 13.3. The molecule has 1 aliphatic heterocycles. The molecule has 1 saturated heterocycles. The van der Waals surface area contributed by atoms with Crippen molar-refractivity contribution in [3.8, 4) is 28.8 Å². The Morgan fingerprint density at radius 2 is 1.98 bits per heavy atom. The molecule has 2 fully saturated rings. The molecule has 0 radical (unpaired) electrons. The van der Waals surface area contributed by atoms with E-state index in [1.807, 2.05) is 6.07 Å². The van der Waals surface area contributed by atoms with E-state index in [1.165, 1.54) is 30.6 Å². The van der Waals surface area contributed by atoms with Gasteiger partial charge in [-0.15, -0.1) is 0 Å². The third-order valence-electron chi connectivity index (χ3n) is 7.50. The molecule has 4 N–H and O–H groups in total. The molecule has 3 heterocycles. The standard InChI is InChI=1S/C29H25F3N8O2/c30-20-4-1-5-22(24(20)32)42-18-6-7-19(21(31)11-18)25-23-26(34)36-15-37-27(23)40(38-25)17-3-2-10-39(14-17)28(41)16(13-33)12-29(35)8-9-29/h1,4-7,11-12,15,17H,2-3,8-10,14,35H2,(H2,34,36,37)/t17-/m1/s1. The number of anilines is 1. The number of amides is 1. The molecule has 13 heteroatoms. The Morgan fingerprint density at radius 1 is 1.17 bits per heavy atom. The van der Waals surface area contributed by atoms with Gasteiger partial charge in [0.15, 0.2) is 17.2 Å². The number of carbonyl (C=O) groups excluding carboxylic acids is 1. The van der Waals surface area contributed by atoms with Gasteiger partial charge in [-0.25, -0.2) is 23.4 Å². The van der Waals surface area contributed by atoms with E-state index < -0.39 is 28.9 Å². The summed E-state index contributed by atoms with van der Waals surface area (Å²) in [7, 11) is 0. The van der Waals surface area contributed by atoms with Gasteiger partial charge in [-0.3, -0.25) is 4.79 Å². The van der Waals surface area contributed by atoms with Crippen molar-refractivity contribution in [2.24, 2.45) is 5.73 Å². The molecule has 10 nitrogen and oxygen atoms in total. The summed E-state index contributed by atoms with van der Waals surface area (Å²) >= 11 is 0. The Hall–Kier alpha value is -4.96. The summed E-state index contributed by atoms with van der Waals surface area (Å²) < 4.78 is 50.1. The number of carbonyl (C=O) groups is 1. The number of ether oxygens (including phenoxy) is 1. The highest BCUT2D eigenvalue weighted by molar-refractivity contribution is 5.99. The van der Waals surface area contributed by atoms with Gasteiger partial charge in [0.1, 0.15) is 41.0 Å². The van der Waals surface area contributed by atoms with E-state index in [1.54, 1.807) is 15.7 Å². The average Bonchev–Trinajstić information content (AvgIpc) is 3.58. The van der Waals surface area contributed by atoms with Crippen LogP contribution in [0.5, 0.6) is 11.5 Å². The lowest BCUT2D eigenvalue weighted by molar-refractivity contribution is -0.128. The molecule has 1 saturated carbocycles. The average molecular weight is 575 g/mol. The minimum absolute atomic E-state index is 0.00994. The Kier molecular flexibility index (Phi) is 6.78. The first kappa shape index (κ1) is 27.2. The highest BCUT2D eigenvalue weighted by atomic mass is 19.2. The quantitative estimate of drug-likeness (QED) is 0.254. The van der Waals surface area contributed by atoms with Crippen molar-refractivity contribution in [1.29, 1.82) is 5.26 Å². The fourth-order valence-corrected chi connectivity index (χ4v) is 5.11. The van der Waals surface area contributed by atoms with Gasteiger partial charge >= 0.3 is 0 Å². The normalized spacial score (nSPS) is 18.1. The molecule has 2 aliphatic rings. The number of nitrogens with zero attached hydrogens (tertiary/aromatic N) is 6. The zero-order valence-electron chi connectivity index (χ0n) is 22.2. The van der Waals surface area contributed by atoms with E-state index >= 15 is 4.39 Å². The molecule has 4 aromatic rings. The van der Waals surface area contributed by atoms with Gasteiger partial charge in [0.2, 0.25) is 5.82 Å². The summed E-state index contributed by atoms with van der Waals surface area (Å²) in [4.78, 5) is 23.2. The Morgan fingerprint density at radius 3 is 2.71 bits per heavy atom. The van der Waals surface area contributed by atoms with Gasteiger partial charge in [-0.1, -0.05) is 6.07 Å². The fourth-order valence-electron chi connectivity index (χ4n) is 5.11. The van der Waals surface area contributed by atoms with Crippen LogP contribution < -0.4 is 16.2 Å². The van der Waals surface area contributed by atoms with Gasteiger partial charge in [0.05, 0.1) is 11.4 Å². The van der Waals surface area contributed by atoms with Crippen LogP contribution in [0, 0.1) is 28.8 Å². The van der Waals surface area contributed by atoms with E-state index in [-0.39, 0.29) is 46.7 Å². The minimum Gasteiger partial charge on any atom is -0.454 e. The maximum absolute atomic E-state index is 15.5. The highest BCUT2D eigenvalue weighted by Gasteiger charge is 2.38. The van der Waals surface area contributed by atoms with Crippen LogP contribution in [0.3, 0.4) is 0 Å². The summed E-state index contributed by atoms with van der Waals surface area (Å²) in [5.74, 6) is -3.80. The van der Waals surface area contributed by atoms with Crippen LogP contribution in [0.15, 0.2) is 54.4 Å². The largest absolute Gasteiger partial charge is 0.454 e. The predicted octanol–water partition coefficient (Wildman–Crippen LogP) is 4.39. The van der Waals surface area contributed by atoms with Gasteiger partial charge in [0, 0.05) is 30.3 Å². The van der Waals surface area contributed by atoms with Crippen LogP contribution in [0.1, 0.15) is 31.7 Å². The molecule has 6 rings (SSSR count). The SMILES string of the molecule is N#CC(=CC1(N)CC1)C(=O)N1CCC[C@@H](n2nc(-c3ccc(Oc4cccc(F)c4F)cc3F)c3c(N)ncnc32)C1. The van der Waals surface area contributed by atoms with Crippen molar-refractivity contribution in [2.75, 3.05) is 18.8 Å². The summed E-state index contributed by atoms with van der Waals surface area (Å²) in [5.41, 5.74) is 12.3. The van der Waals surface area contributed by atoms with Crippen LogP contribution in [0.25, 0.3) is 22.3 Å². The Labute approximate surface area is 238 Å². The van der Waals surface area contributed by atoms with E-state index in [2.05, 4.69) is 15.1 Å². The molecule has 0 unspecified atom stereocenters. The molecule has 1 aliphatic carbocycles. The number of nitriles is 1. The number of hydrogen-bond acceptors (Lipinski definition) is 8. The number of fused-ring (bicyclic) bond motifs is 1. The molecule has 2 aromatic carbocycles. The van der Waals surface area contributed by atoms with Crippen molar-refractivity contribution in [3.63, 3.8) is 0 Å². The minimum atomic E-state index is -1.19. The van der Waals surface area contributed by atoms with Crippen molar-refractivity contribution >= 4 is 22.8 Å². The second kappa shape index (κ2) is 10.5. The molecule has 214 valence electrons. The lowest BCUT2D eigenvalue weighted by Crippen LogP contribution is -2.42. The first-order chi connectivity index (χ1) is 20.2. The number of likely N-dealkylation sites (tertiary alicyclic amines) is 1. The third-order valence-corrected chi connectivity index (χ3v) is 7.50. The summed E-state index contributed by atoms with van der Waals surface area (Å²) in [6.45, 7) is 0.696. The van der Waals surface area contributed by atoms with E-state index in [4.69, 9.17) is 16.2 Å². The van der Waals surface area contributed by atoms with E-state index in [0.29, 0.717) is 30.4 Å². The number of nitrogens with two attached hydrogens (primary N) is 2. The molecular formula is C29H25F3N8O2. The van der Waals surface area contributed by atoms with Gasteiger partial charge in [-0.05, 0) is 56.0 Å². The van der Waals surface area contributed by atoms with Gasteiger partial charge in [-0.2, -0.15) is 14.8 Å². The molecule has 42 heavy (non-hydrogen) atoms. The lowest BCUT2D eigenvalue weighted by Gasteiger charge is -2.33. The molecule has 0 bridgehead atoms. The monoisotopic (exact) mass is 574 g/mol. The fraction of sp³-hybridized carbons (Fsp3) is 0.276. The third kappa shape index (κ3) is 5.01. The van der Waals surface area contributed by atoms with Gasteiger partial charge in [0.25, 0.3) is 5.91 Å². The maximum Gasteiger partial charge on any atom is 0.264 e. The van der Waals surface area contributed by atoms with Crippen molar-refractivity contribution in [3.05, 3.63) is 71.8 Å². The number of halogens is 3. The lowest BCUT2D eigenvalue weighted by atomic mass is 10.0. The second-order valence-corrected chi connectivity index (χ2v) is 10.5. The van der Waals surface area contributed by atoms with Crippen LogP contribution in [0.4, 0.5) is 19.0 Å². The number of rotatable bonds is 6. The smallest absolute Gasteiger partial charge is 0.264 e. The van der Waals surface area contributed by atoms with Crippen LogP contribution >= 0.6 is 0 Å². The number of aromatic nitrogens is 4. The first-order valence-corrected chi connectivity index (χ1v) is 13.3. The van der Waals surface area contributed by atoms with Crippen molar-refractivity contribution in [2.45, 2.75) is 37.3 Å². The molecular weight excluding hydrogens is 549 g/mol. The summed E-state index contributed by atoms with van der Waals surface area (Å²) in [6.07, 6.45) is 5.55. The van der Waals surface area contributed by atoms with Crippen LogP contribution in [-0.2, 0) is 4.79 Å². The Balaban J connectivity index is 1.33. The summed E-state index contributed by atoms with van der Waals surface area (Å²) in [5, 5.41) is 14.6. The molecule has 1 amide bonds. The van der Waals surface area contributed by atoms with Crippen molar-refractivity contribution < 1.29 is 22.7 Å². The van der Waals surface area contributed by atoms with E-state index in [0.717, 1.165) is 25.0 Å².